The Balaban J connectivity index is 0.000000308. The minimum Gasteiger partial charge on any atom is -0.491 e. The summed E-state index contributed by atoms with van der Waals surface area (Å²) in [5, 5.41) is 18.5. The standard InChI is InChI=1S/C19H16O7.C10H12O2.C9H4O5.2C4H10.CH4/c1-11-2-5-14(6-3-11)24-9-13(20)10-25-17(21)12-4-7-15-16(8-12)19(23)26-18(15)22;1-8-2-4-9(5-3-8)11-6-10-7-12-10;10-7(11)4-1-2-5-6(3-4)9(13)14-8(5)12;2*1-3-4-2;/h2-8,13,20H,9-10H2,1H3;2-5,10H,6-7H2,1H3;1-3H,(H,10,11);2*3-4H2,1-2H3;1H4. The maximum atomic E-state index is 12.0. The number of fused-ring (bicyclic) bond motifs is 2. The number of aryl methyl sites for hydroxylation is 2. The number of ether oxygens (including phenoxy) is 6. The maximum absolute atomic E-state index is 12.0. The van der Waals surface area contributed by atoms with Crippen LogP contribution in [0.1, 0.15) is 134 Å². The lowest BCUT2D eigenvalue weighted by Gasteiger charge is -2.13. The zero-order chi connectivity index (χ0) is 44.2. The van der Waals surface area contributed by atoms with Crippen LogP contribution in [-0.2, 0) is 18.9 Å². The van der Waals surface area contributed by atoms with Gasteiger partial charge in [-0.2, -0.15) is 0 Å². The predicted molar refractivity (Wildman–Crippen MR) is 227 cm³/mol. The van der Waals surface area contributed by atoms with E-state index in [9.17, 15) is 33.9 Å². The molecular weight excluding hydrogens is 789 g/mol. The third-order valence-electron chi connectivity index (χ3n) is 8.50. The second-order valence-corrected chi connectivity index (χ2v) is 13.6. The molecule has 328 valence electrons. The number of aliphatic hydroxyl groups excluding tert-OH is 1. The summed E-state index contributed by atoms with van der Waals surface area (Å²) in [5.41, 5.74) is 2.63. The molecule has 14 nitrogen and oxygen atoms in total. The zero-order valence-electron chi connectivity index (χ0n) is 34.7. The molecule has 4 aromatic rings. The number of hydrogen-bond donors (Lipinski definition) is 2. The maximum Gasteiger partial charge on any atom is 0.346 e. The lowest BCUT2D eigenvalue weighted by Crippen LogP contribution is -2.25. The summed E-state index contributed by atoms with van der Waals surface area (Å²) >= 11 is 0. The van der Waals surface area contributed by atoms with Crippen LogP contribution in [0, 0.1) is 13.8 Å². The van der Waals surface area contributed by atoms with Crippen LogP contribution in [0.5, 0.6) is 11.5 Å². The Morgan fingerprint density at radius 1 is 0.623 bits per heavy atom. The molecular formula is C47H56O14. The van der Waals surface area contributed by atoms with Gasteiger partial charge in [0.05, 0.1) is 40.0 Å². The van der Waals surface area contributed by atoms with Crippen molar-refractivity contribution in [3.8, 4) is 11.5 Å². The molecule has 3 aliphatic rings. The van der Waals surface area contributed by atoms with Crippen molar-refractivity contribution in [1.29, 1.82) is 0 Å². The highest BCUT2D eigenvalue weighted by Crippen LogP contribution is 2.23. The van der Waals surface area contributed by atoms with Gasteiger partial charge in [0, 0.05) is 0 Å². The van der Waals surface area contributed by atoms with E-state index >= 15 is 0 Å². The number of unbranched alkanes of at least 4 members (excludes halogenated alkanes) is 2. The van der Waals surface area contributed by atoms with E-state index in [1.807, 2.05) is 43.3 Å². The molecule has 2 unspecified atom stereocenters. The molecule has 0 spiro atoms. The lowest BCUT2D eigenvalue weighted by atomic mass is 10.1. The fourth-order valence-electron chi connectivity index (χ4n) is 4.55. The molecule has 1 saturated heterocycles. The van der Waals surface area contributed by atoms with Crippen LogP contribution < -0.4 is 9.47 Å². The zero-order valence-corrected chi connectivity index (χ0v) is 34.7. The lowest BCUT2D eigenvalue weighted by molar-refractivity contribution is 0.0130. The Morgan fingerprint density at radius 2 is 1.03 bits per heavy atom. The van der Waals surface area contributed by atoms with Crippen molar-refractivity contribution in [3.05, 3.63) is 129 Å². The molecule has 0 aliphatic carbocycles. The van der Waals surface area contributed by atoms with Crippen molar-refractivity contribution < 1.29 is 67.4 Å². The number of esters is 5. The molecule has 7 rings (SSSR count). The first kappa shape index (κ1) is 50.8. The number of rotatable bonds is 12. The van der Waals surface area contributed by atoms with Crippen molar-refractivity contribution in [3.63, 3.8) is 0 Å². The molecule has 0 amide bonds. The molecule has 3 aliphatic heterocycles. The second kappa shape index (κ2) is 26.0. The highest BCUT2D eigenvalue weighted by molar-refractivity contribution is 6.16. The highest BCUT2D eigenvalue weighted by Gasteiger charge is 2.31. The molecule has 0 aromatic heterocycles. The van der Waals surface area contributed by atoms with E-state index in [2.05, 4.69) is 44.1 Å². The van der Waals surface area contributed by atoms with Gasteiger partial charge in [-0.1, -0.05) is 96.2 Å². The molecule has 4 aromatic carbocycles. The van der Waals surface area contributed by atoms with Crippen molar-refractivity contribution in [1.82, 2.24) is 0 Å². The number of epoxide rings is 1. The summed E-state index contributed by atoms with van der Waals surface area (Å²) in [6.07, 6.45) is 4.60. The molecule has 3 heterocycles. The SMILES string of the molecule is C.CCCC.CCCC.Cc1ccc(OCC(O)COC(=O)c2ccc3c(c2)C(=O)OC3=O)cc1.Cc1ccc(OCC2CO2)cc1.O=C(O)c1ccc2c(c1)C(=O)OC2=O. The van der Waals surface area contributed by atoms with Gasteiger partial charge in [0.15, 0.2) is 0 Å². The second-order valence-electron chi connectivity index (χ2n) is 13.6. The van der Waals surface area contributed by atoms with E-state index in [1.165, 1.54) is 61.6 Å². The van der Waals surface area contributed by atoms with Crippen LogP contribution in [-0.4, -0.2) is 84.7 Å². The van der Waals surface area contributed by atoms with Gasteiger partial charge in [0.25, 0.3) is 0 Å². The summed E-state index contributed by atoms with van der Waals surface area (Å²) in [6.45, 7) is 14.0. The average molecular weight is 845 g/mol. The predicted octanol–water partition coefficient (Wildman–Crippen LogP) is 8.62. The largest absolute Gasteiger partial charge is 0.491 e. The van der Waals surface area contributed by atoms with E-state index in [0.717, 1.165) is 24.0 Å². The highest BCUT2D eigenvalue weighted by atomic mass is 16.6. The summed E-state index contributed by atoms with van der Waals surface area (Å²) < 4.78 is 29.7. The van der Waals surface area contributed by atoms with Crippen LogP contribution >= 0.6 is 0 Å². The first-order valence-corrected chi connectivity index (χ1v) is 19.6. The van der Waals surface area contributed by atoms with Crippen molar-refractivity contribution in [2.75, 3.05) is 26.4 Å². The first-order valence-electron chi connectivity index (χ1n) is 19.6. The number of carbonyl (C=O) groups is 6. The number of hydrogen-bond acceptors (Lipinski definition) is 13. The third-order valence-corrected chi connectivity index (χ3v) is 8.50. The topological polar surface area (TPSA) is 202 Å². The van der Waals surface area contributed by atoms with E-state index in [4.69, 9.17) is 24.1 Å². The van der Waals surface area contributed by atoms with Gasteiger partial charge < -0.3 is 38.6 Å². The number of aliphatic hydroxyl groups is 1. The fourth-order valence-corrected chi connectivity index (χ4v) is 4.55. The van der Waals surface area contributed by atoms with Gasteiger partial charge in [-0.15, -0.1) is 0 Å². The molecule has 2 N–H and O–H groups in total. The minimum absolute atomic E-state index is 0. The minimum atomic E-state index is -1.15. The number of carboxylic acids is 1. The summed E-state index contributed by atoms with van der Waals surface area (Å²) in [4.78, 5) is 67.5. The average Bonchev–Trinajstić information content (AvgIpc) is 3.99. The van der Waals surface area contributed by atoms with Gasteiger partial charge >= 0.3 is 35.8 Å². The van der Waals surface area contributed by atoms with E-state index < -0.39 is 41.9 Å². The fraction of sp³-hybridized carbons (Fsp3) is 0.362. The third kappa shape index (κ3) is 17.0. The number of carboxylic acid groups (broad SMARTS) is 1. The Bertz CT molecular complexity index is 2060. The Kier molecular flexibility index (Phi) is 21.6. The summed E-state index contributed by atoms with van der Waals surface area (Å²) in [7, 11) is 0. The van der Waals surface area contributed by atoms with Crippen LogP contribution in [0.3, 0.4) is 0 Å². The summed E-state index contributed by atoms with van der Waals surface area (Å²) in [5.74, 6) is -3.43. The summed E-state index contributed by atoms with van der Waals surface area (Å²) in [6, 6.07) is 22.9. The Labute approximate surface area is 356 Å². The normalized spacial score (nSPS) is 14.0. The molecule has 0 radical (unpaired) electrons. The number of benzene rings is 4. The number of cyclic esters (lactones) is 4. The molecule has 0 saturated carbocycles. The van der Waals surface area contributed by atoms with Crippen molar-refractivity contribution >= 4 is 35.8 Å². The Morgan fingerprint density at radius 3 is 1.46 bits per heavy atom. The molecule has 1 fully saturated rings. The molecule has 2 atom stereocenters. The van der Waals surface area contributed by atoms with E-state index in [0.29, 0.717) is 18.5 Å². The smallest absolute Gasteiger partial charge is 0.346 e. The molecule has 0 bridgehead atoms. The van der Waals surface area contributed by atoms with Crippen LogP contribution in [0.4, 0.5) is 0 Å². The van der Waals surface area contributed by atoms with Gasteiger partial charge in [-0.25, -0.2) is 28.8 Å². The van der Waals surface area contributed by atoms with Crippen LogP contribution in [0.25, 0.3) is 0 Å². The number of aromatic carboxylic acids is 1. The van der Waals surface area contributed by atoms with Gasteiger partial charge in [0.1, 0.15) is 43.5 Å². The number of carbonyl (C=O) groups excluding carboxylic acids is 5. The quantitative estimate of drug-likeness (QED) is 0.0594. The van der Waals surface area contributed by atoms with Crippen LogP contribution in [0.15, 0.2) is 84.9 Å². The monoisotopic (exact) mass is 844 g/mol. The van der Waals surface area contributed by atoms with E-state index in [-0.39, 0.29) is 54.0 Å². The van der Waals surface area contributed by atoms with E-state index in [1.54, 1.807) is 12.1 Å². The van der Waals surface area contributed by atoms with Gasteiger partial charge in [-0.3, -0.25) is 0 Å². The van der Waals surface area contributed by atoms with Crippen molar-refractivity contribution in [2.45, 2.75) is 86.9 Å². The van der Waals surface area contributed by atoms with Crippen molar-refractivity contribution in [2.24, 2.45) is 0 Å². The Hall–Kier alpha value is -6.38. The molecule has 14 heteroatoms. The van der Waals surface area contributed by atoms with Gasteiger partial charge in [-0.05, 0) is 74.5 Å². The first-order chi connectivity index (χ1) is 28.7. The van der Waals surface area contributed by atoms with Gasteiger partial charge in [0.2, 0.25) is 0 Å². The molecule has 61 heavy (non-hydrogen) atoms. The van der Waals surface area contributed by atoms with Crippen LogP contribution in [0.2, 0.25) is 0 Å².